The van der Waals surface area contributed by atoms with E-state index in [1.807, 2.05) is 6.92 Å². The molecule has 1 fully saturated rings. The Labute approximate surface area is 97.9 Å². The average molecular weight is 254 g/mol. The number of nitrogens with zero attached hydrogens (tertiary/aromatic N) is 1. The van der Waals surface area contributed by atoms with Crippen molar-refractivity contribution in [1.29, 1.82) is 0 Å². The number of nitrogens with two attached hydrogens (primary N) is 1. The van der Waals surface area contributed by atoms with Gasteiger partial charge in [0.05, 0.1) is 5.54 Å². The Bertz CT molecular complexity index is 275. The first kappa shape index (κ1) is 14.2. The number of alkyl halides is 3. The molecule has 0 aromatic carbocycles. The molecular weight excluding hydrogens is 237 g/mol. The Morgan fingerprint density at radius 3 is 2.53 bits per heavy atom. The molecule has 1 aliphatic rings. The lowest BCUT2D eigenvalue weighted by Crippen LogP contribution is -2.68. The Kier molecular flexibility index (Phi) is 4.37. The number of likely N-dealkylation sites (tertiary alicyclic amines) is 1. The summed E-state index contributed by atoms with van der Waals surface area (Å²) in [6.45, 7) is 0.854. The third-order valence-corrected chi connectivity index (χ3v) is 2.60. The summed E-state index contributed by atoms with van der Waals surface area (Å²) >= 11 is 0. The highest BCUT2D eigenvalue weighted by molar-refractivity contribution is 5.78. The van der Waals surface area contributed by atoms with E-state index < -0.39 is 25.3 Å². The van der Waals surface area contributed by atoms with Crippen molar-refractivity contribution >= 4 is 5.91 Å². The molecular formula is C10H17F3N2O2. The smallest absolute Gasteiger partial charge is 0.362 e. The molecule has 0 saturated carbocycles. The van der Waals surface area contributed by atoms with Crippen LogP contribution in [0, 0.1) is 0 Å². The second kappa shape index (κ2) is 5.22. The van der Waals surface area contributed by atoms with Gasteiger partial charge in [-0.15, -0.1) is 0 Å². The largest absolute Gasteiger partial charge is 0.411 e. The van der Waals surface area contributed by atoms with Gasteiger partial charge in [0.1, 0.15) is 13.2 Å². The fraction of sp³-hybridized carbons (Fsp3) is 0.900. The lowest BCUT2D eigenvalue weighted by Gasteiger charge is -2.47. The molecule has 0 bridgehead atoms. The fourth-order valence-electron chi connectivity index (χ4n) is 1.89. The van der Waals surface area contributed by atoms with Crippen LogP contribution < -0.4 is 5.73 Å². The van der Waals surface area contributed by atoms with Crippen LogP contribution in [-0.2, 0) is 9.53 Å². The Hall–Kier alpha value is -0.820. The third kappa shape index (κ3) is 4.51. The van der Waals surface area contributed by atoms with E-state index in [4.69, 9.17) is 5.73 Å². The van der Waals surface area contributed by atoms with Crippen molar-refractivity contribution < 1.29 is 22.7 Å². The van der Waals surface area contributed by atoms with Crippen molar-refractivity contribution in [2.24, 2.45) is 5.73 Å². The normalized spacial score (nSPS) is 19.0. The van der Waals surface area contributed by atoms with Crippen LogP contribution in [0.2, 0.25) is 0 Å². The molecule has 1 amide bonds. The van der Waals surface area contributed by atoms with Gasteiger partial charge in [-0.1, -0.05) is 13.3 Å². The molecule has 0 unspecified atom stereocenters. The van der Waals surface area contributed by atoms with Gasteiger partial charge < -0.3 is 15.4 Å². The van der Waals surface area contributed by atoms with Gasteiger partial charge in [0.15, 0.2) is 0 Å². The Morgan fingerprint density at radius 2 is 2.06 bits per heavy atom. The quantitative estimate of drug-likeness (QED) is 0.793. The predicted octanol–water partition coefficient (Wildman–Crippen LogP) is 0.905. The maximum Gasteiger partial charge on any atom is 0.411 e. The number of carbonyl (C=O) groups is 1. The summed E-state index contributed by atoms with van der Waals surface area (Å²) in [5, 5.41) is 0. The van der Waals surface area contributed by atoms with Crippen molar-refractivity contribution in [1.82, 2.24) is 4.90 Å². The second-order valence-electron chi connectivity index (χ2n) is 4.47. The highest BCUT2D eigenvalue weighted by Crippen LogP contribution is 2.23. The summed E-state index contributed by atoms with van der Waals surface area (Å²) in [4.78, 5) is 12.8. The minimum Gasteiger partial charge on any atom is -0.362 e. The van der Waals surface area contributed by atoms with Crippen LogP contribution in [0.25, 0.3) is 0 Å². The molecule has 0 radical (unpaired) electrons. The molecule has 0 spiro atoms. The lowest BCUT2D eigenvalue weighted by atomic mass is 9.86. The minimum absolute atomic E-state index is 0.367. The van der Waals surface area contributed by atoms with Crippen LogP contribution in [0.3, 0.4) is 0 Å². The summed E-state index contributed by atoms with van der Waals surface area (Å²) in [5.41, 5.74) is 5.56. The van der Waals surface area contributed by atoms with Gasteiger partial charge in [-0.3, -0.25) is 4.79 Å². The summed E-state index contributed by atoms with van der Waals surface area (Å²) in [5.74, 6) is -0.438. The van der Waals surface area contributed by atoms with Gasteiger partial charge >= 0.3 is 6.18 Å². The van der Waals surface area contributed by atoms with Crippen LogP contribution in [0.5, 0.6) is 0 Å². The summed E-state index contributed by atoms with van der Waals surface area (Å²) < 4.78 is 39.6. The first-order chi connectivity index (χ1) is 7.76. The van der Waals surface area contributed by atoms with E-state index in [1.54, 1.807) is 0 Å². The number of hydrogen-bond acceptors (Lipinski definition) is 3. The molecule has 2 N–H and O–H groups in total. The van der Waals surface area contributed by atoms with Gasteiger partial charge in [-0.25, -0.2) is 0 Å². The maximum atomic E-state index is 11.8. The lowest BCUT2D eigenvalue weighted by molar-refractivity contribution is -0.179. The Balaban J connectivity index is 2.19. The molecule has 0 aliphatic carbocycles. The topological polar surface area (TPSA) is 55.6 Å². The van der Waals surface area contributed by atoms with E-state index >= 15 is 0 Å². The molecule has 7 heteroatoms. The number of halogens is 3. The van der Waals surface area contributed by atoms with Gasteiger partial charge in [-0.05, 0) is 6.42 Å². The van der Waals surface area contributed by atoms with Crippen LogP contribution in [-0.4, -0.2) is 48.8 Å². The van der Waals surface area contributed by atoms with Crippen molar-refractivity contribution in [3.63, 3.8) is 0 Å². The number of rotatable bonds is 5. The van der Waals surface area contributed by atoms with Crippen LogP contribution in [0.15, 0.2) is 0 Å². The Morgan fingerprint density at radius 1 is 1.47 bits per heavy atom. The number of amides is 1. The average Bonchev–Trinajstić information content (AvgIpc) is 2.12. The van der Waals surface area contributed by atoms with E-state index in [9.17, 15) is 18.0 Å². The zero-order valence-electron chi connectivity index (χ0n) is 9.72. The van der Waals surface area contributed by atoms with Gasteiger partial charge in [0.25, 0.3) is 0 Å². The molecule has 1 heterocycles. The van der Waals surface area contributed by atoms with E-state index in [-0.39, 0.29) is 5.54 Å². The van der Waals surface area contributed by atoms with Crippen LogP contribution >= 0.6 is 0 Å². The second-order valence-corrected chi connectivity index (χ2v) is 4.47. The molecule has 4 nitrogen and oxygen atoms in total. The van der Waals surface area contributed by atoms with Crippen LogP contribution in [0.1, 0.15) is 19.8 Å². The number of hydrogen-bond donors (Lipinski definition) is 1. The van der Waals surface area contributed by atoms with Crippen molar-refractivity contribution in [3.05, 3.63) is 0 Å². The maximum absolute atomic E-state index is 11.8. The monoisotopic (exact) mass is 254 g/mol. The summed E-state index contributed by atoms with van der Waals surface area (Å²) in [6.07, 6.45) is -2.67. The summed E-state index contributed by atoms with van der Waals surface area (Å²) in [6, 6.07) is 0. The van der Waals surface area contributed by atoms with Gasteiger partial charge in [0.2, 0.25) is 5.91 Å². The molecule has 0 aromatic rings. The summed E-state index contributed by atoms with van der Waals surface area (Å²) in [7, 11) is 0. The SMILES string of the molecule is CCCC1(N)CN(C(=O)COCC(F)(F)F)C1. The minimum atomic E-state index is -4.39. The van der Waals surface area contributed by atoms with Crippen molar-refractivity contribution in [3.8, 4) is 0 Å². The first-order valence-electron chi connectivity index (χ1n) is 5.47. The molecule has 17 heavy (non-hydrogen) atoms. The van der Waals surface area contributed by atoms with E-state index in [2.05, 4.69) is 4.74 Å². The van der Waals surface area contributed by atoms with Gasteiger partial charge in [0, 0.05) is 13.1 Å². The van der Waals surface area contributed by atoms with E-state index in [0.717, 1.165) is 12.8 Å². The van der Waals surface area contributed by atoms with E-state index in [1.165, 1.54) is 4.90 Å². The standard InChI is InChI=1S/C10H17F3N2O2/c1-2-3-9(14)5-15(6-9)8(16)4-17-7-10(11,12)13/h2-7,14H2,1H3. The third-order valence-electron chi connectivity index (χ3n) is 2.60. The molecule has 0 atom stereocenters. The molecule has 100 valence electrons. The van der Waals surface area contributed by atoms with Crippen molar-refractivity contribution in [2.45, 2.75) is 31.5 Å². The fourth-order valence-corrected chi connectivity index (χ4v) is 1.89. The highest BCUT2D eigenvalue weighted by atomic mass is 19.4. The number of carbonyl (C=O) groups excluding carboxylic acids is 1. The molecule has 1 saturated heterocycles. The van der Waals surface area contributed by atoms with Crippen LogP contribution in [0.4, 0.5) is 13.2 Å². The van der Waals surface area contributed by atoms with E-state index in [0.29, 0.717) is 13.1 Å². The number of ether oxygens (including phenoxy) is 1. The molecule has 0 aromatic heterocycles. The first-order valence-corrected chi connectivity index (χ1v) is 5.47. The van der Waals surface area contributed by atoms with Gasteiger partial charge in [-0.2, -0.15) is 13.2 Å². The zero-order valence-corrected chi connectivity index (χ0v) is 9.72. The highest BCUT2D eigenvalue weighted by Gasteiger charge is 2.41. The zero-order chi connectivity index (χ0) is 13.1. The van der Waals surface area contributed by atoms with Crippen molar-refractivity contribution in [2.75, 3.05) is 26.3 Å². The predicted molar refractivity (Wildman–Crippen MR) is 55.3 cm³/mol. The molecule has 1 rings (SSSR count). The molecule has 1 aliphatic heterocycles.